The molecule has 0 heterocycles. The summed E-state index contributed by atoms with van der Waals surface area (Å²) in [5.74, 6) is 0. The van der Waals surface area contributed by atoms with Gasteiger partial charge in [0, 0.05) is 31.5 Å². The number of methoxy groups -OCH3 is 1. The Labute approximate surface area is 107 Å². The Morgan fingerprint density at radius 1 is 1.39 bits per heavy atom. The molecule has 2 amide bonds. The molecule has 0 bridgehead atoms. The van der Waals surface area contributed by atoms with Gasteiger partial charge in [-0.1, -0.05) is 30.3 Å². The van der Waals surface area contributed by atoms with Crippen molar-refractivity contribution < 1.29 is 9.53 Å². The van der Waals surface area contributed by atoms with Gasteiger partial charge in [-0.2, -0.15) is 0 Å². The number of allylic oxidation sites excluding steroid dienone is 1. The highest BCUT2D eigenvalue weighted by molar-refractivity contribution is 5.87. The van der Waals surface area contributed by atoms with Crippen LogP contribution in [0.2, 0.25) is 0 Å². The average Bonchev–Trinajstić information content (AvgIpc) is 2.78. The fourth-order valence-corrected chi connectivity index (χ4v) is 1.99. The van der Waals surface area contributed by atoms with E-state index in [1.54, 1.807) is 7.11 Å². The van der Waals surface area contributed by atoms with Gasteiger partial charge in [-0.25, -0.2) is 4.79 Å². The summed E-state index contributed by atoms with van der Waals surface area (Å²) in [5.41, 5.74) is 3.27. The van der Waals surface area contributed by atoms with Crippen LogP contribution in [0.5, 0.6) is 0 Å². The summed E-state index contributed by atoms with van der Waals surface area (Å²) in [6, 6.07) is 7.95. The molecule has 0 atom stereocenters. The molecule has 0 spiro atoms. The maximum Gasteiger partial charge on any atom is 0.319 e. The van der Waals surface area contributed by atoms with E-state index < -0.39 is 0 Å². The van der Waals surface area contributed by atoms with E-state index in [9.17, 15) is 4.79 Å². The molecule has 4 nitrogen and oxygen atoms in total. The minimum absolute atomic E-state index is 0.158. The molecule has 0 saturated carbocycles. The van der Waals surface area contributed by atoms with Crippen LogP contribution in [0.3, 0.4) is 0 Å². The summed E-state index contributed by atoms with van der Waals surface area (Å²) in [6.07, 6.45) is 3.74. The molecule has 4 heteroatoms. The van der Waals surface area contributed by atoms with E-state index in [0.29, 0.717) is 13.2 Å². The second kappa shape index (κ2) is 6.21. The van der Waals surface area contributed by atoms with Crippen LogP contribution in [-0.4, -0.2) is 26.3 Å². The minimum atomic E-state index is -0.158. The first kappa shape index (κ1) is 12.6. The van der Waals surface area contributed by atoms with Gasteiger partial charge in [-0.15, -0.1) is 0 Å². The van der Waals surface area contributed by atoms with Crippen molar-refractivity contribution in [1.29, 1.82) is 0 Å². The van der Waals surface area contributed by atoms with Gasteiger partial charge >= 0.3 is 6.03 Å². The zero-order valence-electron chi connectivity index (χ0n) is 10.5. The van der Waals surface area contributed by atoms with Crippen molar-refractivity contribution >= 4 is 11.7 Å². The molecule has 2 rings (SSSR count). The Hall–Kier alpha value is -1.81. The lowest BCUT2D eigenvalue weighted by Crippen LogP contribution is -2.35. The third-order valence-electron chi connectivity index (χ3n) is 2.89. The SMILES string of the molecule is COCCCNC(=O)NC1=CCc2ccccc21. The van der Waals surface area contributed by atoms with E-state index >= 15 is 0 Å². The molecular weight excluding hydrogens is 228 g/mol. The number of carbonyl (C=O) groups excluding carboxylic acids is 1. The third kappa shape index (κ3) is 3.11. The largest absolute Gasteiger partial charge is 0.385 e. The van der Waals surface area contributed by atoms with Gasteiger partial charge in [-0.3, -0.25) is 0 Å². The number of fused-ring (bicyclic) bond motifs is 1. The Kier molecular flexibility index (Phi) is 4.36. The summed E-state index contributed by atoms with van der Waals surface area (Å²) in [4.78, 5) is 11.7. The van der Waals surface area contributed by atoms with Gasteiger partial charge in [-0.05, 0) is 18.4 Å². The fraction of sp³-hybridized carbons (Fsp3) is 0.357. The number of amides is 2. The summed E-state index contributed by atoms with van der Waals surface area (Å²) in [7, 11) is 1.65. The molecular formula is C14H18N2O2. The molecule has 1 aliphatic rings. The van der Waals surface area contributed by atoms with E-state index in [1.165, 1.54) is 5.56 Å². The Bertz CT molecular complexity index is 455. The fourth-order valence-electron chi connectivity index (χ4n) is 1.99. The summed E-state index contributed by atoms with van der Waals surface area (Å²) >= 11 is 0. The zero-order valence-corrected chi connectivity index (χ0v) is 10.5. The van der Waals surface area contributed by atoms with E-state index in [-0.39, 0.29) is 6.03 Å². The summed E-state index contributed by atoms with van der Waals surface area (Å²) in [6.45, 7) is 1.28. The molecule has 0 unspecified atom stereocenters. The van der Waals surface area contributed by atoms with Crippen molar-refractivity contribution in [3.63, 3.8) is 0 Å². The summed E-state index contributed by atoms with van der Waals surface area (Å²) < 4.78 is 4.92. The van der Waals surface area contributed by atoms with Crippen LogP contribution in [0.1, 0.15) is 17.5 Å². The van der Waals surface area contributed by atoms with Gasteiger partial charge in [0.1, 0.15) is 0 Å². The van der Waals surface area contributed by atoms with Crippen LogP contribution in [0, 0.1) is 0 Å². The van der Waals surface area contributed by atoms with Crippen molar-refractivity contribution in [2.45, 2.75) is 12.8 Å². The number of hydrogen-bond donors (Lipinski definition) is 2. The standard InChI is InChI=1S/C14H18N2O2/c1-18-10-4-9-15-14(17)16-13-8-7-11-5-2-3-6-12(11)13/h2-3,5-6,8H,4,7,9-10H2,1H3,(H2,15,16,17). The summed E-state index contributed by atoms with van der Waals surface area (Å²) in [5, 5.41) is 5.69. The number of hydrogen-bond acceptors (Lipinski definition) is 2. The zero-order chi connectivity index (χ0) is 12.8. The van der Waals surface area contributed by atoms with Crippen molar-refractivity contribution in [3.05, 3.63) is 41.5 Å². The maximum absolute atomic E-state index is 11.7. The predicted octanol–water partition coefficient (Wildman–Crippen LogP) is 1.92. The molecule has 1 aliphatic carbocycles. The van der Waals surface area contributed by atoms with E-state index in [0.717, 1.165) is 24.1 Å². The highest BCUT2D eigenvalue weighted by Crippen LogP contribution is 2.24. The number of urea groups is 1. The molecule has 0 radical (unpaired) electrons. The Morgan fingerprint density at radius 3 is 3.06 bits per heavy atom. The van der Waals surface area contributed by atoms with Crippen molar-refractivity contribution in [2.24, 2.45) is 0 Å². The minimum Gasteiger partial charge on any atom is -0.385 e. The number of rotatable bonds is 5. The van der Waals surface area contributed by atoms with Gasteiger partial charge in [0.05, 0.1) is 0 Å². The van der Waals surface area contributed by atoms with E-state index in [2.05, 4.69) is 16.7 Å². The Balaban J connectivity index is 1.82. The van der Waals surface area contributed by atoms with Crippen LogP contribution in [-0.2, 0) is 11.2 Å². The first-order valence-electron chi connectivity index (χ1n) is 6.13. The maximum atomic E-state index is 11.7. The highest BCUT2D eigenvalue weighted by atomic mass is 16.5. The number of nitrogens with one attached hydrogen (secondary N) is 2. The molecule has 0 aliphatic heterocycles. The van der Waals surface area contributed by atoms with Crippen LogP contribution in [0.15, 0.2) is 30.3 Å². The van der Waals surface area contributed by atoms with Crippen LogP contribution in [0.4, 0.5) is 4.79 Å². The van der Waals surface area contributed by atoms with Gasteiger partial charge in [0.15, 0.2) is 0 Å². The first-order chi connectivity index (χ1) is 8.81. The molecule has 0 fully saturated rings. The average molecular weight is 246 g/mol. The smallest absolute Gasteiger partial charge is 0.319 e. The molecule has 96 valence electrons. The lowest BCUT2D eigenvalue weighted by Gasteiger charge is -2.09. The second-order valence-corrected chi connectivity index (χ2v) is 4.21. The molecule has 1 aromatic carbocycles. The lowest BCUT2D eigenvalue weighted by atomic mass is 10.1. The van der Waals surface area contributed by atoms with E-state index in [4.69, 9.17) is 4.74 Å². The second-order valence-electron chi connectivity index (χ2n) is 4.21. The van der Waals surface area contributed by atoms with Crippen molar-refractivity contribution in [2.75, 3.05) is 20.3 Å². The number of benzene rings is 1. The lowest BCUT2D eigenvalue weighted by molar-refractivity contribution is 0.193. The first-order valence-corrected chi connectivity index (χ1v) is 6.13. The molecule has 1 aromatic rings. The molecule has 2 N–H and O–H groups in total. The molecule has 0 saturated heterocycles. The van der Waals surface area contributed by atoms with Crippen LogP contribution in [0.25, 0.3) is 5.70 Å². The third-order valence-corrected chi connectivity index (χ3v) is 2.89. The molecule has 18 heavy (non-hydrogen) atoms. The number of ether oxygens (including phenoxy) is 1. The monoisotopic (exact) mass is 246 g/mol. The molecule has 0 aromatic heterocycles. The van der Waals surface area contributed by atoms with Crippen molar-refractivity contribution in [1.82, 2.24) is 10.6 Å². The topological polar surface area (TPSA) is 50.4 Å². The predicted molar refractivity (Wildman–Crippen MR) is 71.2 cm³/mol. The quantitative estimate of drug-likeness (QED) is 0.780. The Morgan fingerprint density at radius 2 is 2.22 bits per heavy atom. The van der Waals surface area contributed by atoms with E-state index in [1.807, 2.05) is 24.3 Å². The van der Waals surface area contributed by atoms with Crippen molar-refractivity contribution in [3.8, 4) is 0 Å². The van der Waals surface area contributed by atoms with Gasteiger partial charge < -0.3 is 15.4 Å². The van der Waals surface area contributed by atoms with Gasteiger partial charge in [0.2, 0.25) is 0 Å². The van der Waals surface area contributed by atoms with Gasteiger partial charge in [0.25, 0.3) is 0 Å². The van der Waals surface area contributed by atoms with Crippen LogP contribution < -0.4 is 10.6 Å². The highest BCUT2D eigenvalue weighted by Gasteiger charge is 2.14. The number of carbonyl (C=O) groups is 1. The normalized spacial score (nSPS) is 12.8. The van der Waals surface area contributed by atoms with Crippen LogP contribution >= 0.6 is 0 Å².